The molecule has 4 aromatic carbocycles. The number of hydrogen-bond acceptors (Lipinski definition) is 4. The van der Waals surface area contributed by atoms with E-state index in [-0.39, 0.29) is 58.3 Å². The maximum atomic E-state index is 2.57. The molecule has 5 aliphatic rings. The number of hydrogen-bond donors (Lipinski definition) is 0. The fraction of sp³-hybridized carbons (Fsp3) is 0.176. The Morgan fingerprint density at radius 1 is 0.462 bits per heavy atom. The van der Waals surface area contributed by atoms with Gasteiger partial charge in [-0.3, -0.25) is 0 Å². The van der Waals surface area contributed by atoms with Gasteiger partial charge in [0.25, 0.3) is 0 Å². The van der Waals surface area contributed by atoms with Crippen LogP contribution in [0.3, 0.4) is 0 Å². The van der Waals surface area contributed by atoms with Crippen molar-refractivity contribution in [1.82, 2.24) is 0 Å². The van der Waals surface area contributed by atoms with Crippen LogP contribution in [0.4, 0.5) is 22.7 Å². The first-order valence-corrected chi connectivity index (χ1v) is 12.8. The van der Waals surface area contributed by atoms with Crippen molar-refractivity contribution in [1.29, 1.82) is 0 Å². The Kier molecular flexibility index (Phi) is 7.01. The largest absolute Gasteiger partial charge is 0.504 e. The van der Waals surface area contributed by atoms with Gasteiger partial charge in [-0.1, -0.05) is 72.8 Å². The third kappa shape index (κ3) is 3.66. The van der Waals surface area contributed by atoms with Gasteiger partial charge in [-0.15, -0.1) is 0 Å². The van der Waals surface area contributed by atoms with Crippen LogP contribution in [0.5, 0.6) is 0 Å². The second kappa shape index (κ2) is 10.0. The van der Waals surface area contributed by atoms with Crippen molar-refractivity contribution < 1.29 is 19.5 Å². The molecule has 2 unspecified atom stereocenters. The molecule has 0 fully saturated rings. The first kappa shape index (κ1) is 27.3. The van der Waals surface area contributed by atoms with Crippen molar-refractivity contribution in [2.45, 2.75) is 23.9 Å². The van der Waals surface area contributed by atoms with Crippen molar-refractivity contribution in [2.75, 3.05) is 33.7 Å². The average Bonchev–Trinajstić information content (AvgIpc) is 3.45. The molecule has 0 amide bonds. The van der Waals surface area contributed by atoms with Gasteiger partial charge in [0, 0.05) is 66.1 Å². The van der Waals surface area contributed by atoms with Crippen LogP contribution < -0.4 is 19.6 Å². The van der Waals surface area contributed by atoms with Gasteiger partial charge in [0.05, 0.1) is 0 Å². The molecule has 0 spiro atoms. The molecule has 0 saturated heterocycles. The average molecular weight is 602 g/mol. The van der Waals surface area contributed by atoms with Crippen molar-refractivity contribution in [3.63, 3.8) is 0 Å². The maximum Gasteiger partial charge on any atom is 0.0321 e. The summed E-state index contributed by atoms with van der Waals surface area (Å²) in [5.41, 5.74) is 11.0. The molecule has 2 bridgehead atoms. The zero-order chi connectivity index (χ0) is 24.0. The summed E-state index contributed by atoms with van der Waals surface area (Å²) in [6, 6.07) is 36.4. The predicted molar refractivity (Wildman–Crippen MR) is 160 cm³/mol. The number of nitrogens with zero attached hydrogens (tertiary/aromatic N) is 4. The second-order valence-corrected chi connectivity index (χ2v) is 10.4. The van der Waals surface area contributed by atoms with Gasteiger partial charge in [-0.05, 0) is 60.6 Å². The van der Waals surface area contributed by atoms with Gasteiger partial charge in [0.15, 0.2) is 0 Å². The summed E-state index contributed by atoms with van der Waals surface area (Å²) >= 11 is 0. The van der Waals surface area contributed by atoms with E-state index in [1.54, 1.807) is 0 Å². The molecule has 0 aromatic heterocycles. The molecular weight excluding hydrogens is 567 g/mol. The summed E-state index contributed by atoms with van der Waals surface area (Å²) in [7, 11) is 4.34. The van der Waals surface area contributed by atoms with Crippen LogP contribution in [0.25, 0.3) is 0 Å². The minimum Gasteiger partial charge on any atom is -0.504 e. The molecule has 2 aliphatic heterocycles. The second-order valence-electron chi connectivity index (χ2n) is 10.4. The van der Waals surface area contributed by atoms with Gasteiger partial charge < -0.3 is 34.5 Å². The van der Waals surface area contributed by atoms with Gasteiger partial charge in [0.1, 0.15) is 0 Å². The maximum absolute atomic E-state index is 2.57. The summed E-state index contributed by atoms with van der Waals surface area (Å²) < 4.78 is 0. The Morgan fingerprint density at radius 2 is 0.744 bits per heavy atom. The van der Waals surface area contributed by atoms with E-state index in [0.717, 1.165) is 0 Å². The van der Waals surface area contributed by atoms with Crippen LogP contribution >= 0.6 is 0 Å². The smallest absolute Gasteiger partial charge is 0.0321 e. The van der Waals surface area contributed by atoms with Gasteiger partial charge in [0.2, 0.25) is 0 Å². The Labute approximate surface area is 246 Å². The van der Waals surface area contributed by atoms with Crippen LogP contribution in [0, 0.1) is 28.2 Å². The summed E-state index contributed by atoms with van der Waals surface area (Å²) in [6.45, 7) is 4.64. The Balaban J connectivity index is 0.00000103. The standard InChI is InChI=1S/C32H28N4.2CH3.Rh/c1-33-19-35(27-17-9-7-15-25(27)33)31-29-21-11-3-5-13-23(21)30(24-14-6-4-12-22(24)29)32(31)36-20-34(2)26-16-8-10-18-28(26)36;;;/h3-20,29-32H,1-2H3;2*1H3;/q-2;2*-1;. The van der Waals surface area contributed by atoms with Crippen LogP contribution in [-0.4, -0.2) is 26.2 Å². The minimum atomic E-state index is 0. The number of rotatable bonds is 2. The van der Waals surface area contributed by atoms with Gasteiger partial charge in [-0.25, -0.2) is 0 Å². The number of benzene rings is 4. The quantitative estimate of drug-likeness (QED) is 0.180. The molecule has 3 aliphatic carbocycles. The molecule has 0 saturated carbocycles. The molecule has 203 valence electrons. The first-order valence-electron chi connectivity index (χ1n) is 12.8. The molecule has 9 rings (SSSR count). The van der Waals surface area contributed by atoms with Crippen molar-refractivity contribution in [3.05, 3.63) is 148 Å². The molecule has 2 atom stereocenters. The number of para-hydroxylation sites is 4. The first-order chi connectivity index (χ1) is 17.7. The third-order valence-electron chi connectivity index (χ3n) is 8.68. The molecular formula is C34H34N4Rh-4. The molecule has 2 heterocycles. The SMILES string of the molecule is CN1[CH-]N(C2C3c4ccccc4C(c4ccccc43)C2N2[CH-]N(C)c3ccccc32)c2ccccc21.[CH3-].[CH3-].[Rh]. The Hall–Kier alpha value is -3.30. The Bertz CT molecular complexity index is 1340. The monoisotopic (exact) mass is 601 g/mol. The zero-order valence-corrected chi connectivity index (χ0v) is 24.5. The summed E-state index contributed by atoms with van der Waals surface area (Å²) in [5, 5.41) is 0. The summed E-state index contributed by atoms with van der Waals surface area (Å²) in [4.78, 5) is 9.69. The Morgan fingerprint density at radius 3 is 1.08 bits per heavy atom. The van der Waals surface area contributed by atoms with E-state index >= 15 is 0 Å². The fourth-order valence-electron chi connectivity index (χ4n) is 7.33. The molecule has 4 aromatic rings. The van der Waals surface area contributed by atoms with E-state index < -0.39 is 0 Å². The molecule has 1 radical (unpaired) electrons. The zero-order valence-electron chi connectivity index (χ0n) is 22.8. The van der Waals surface area contributed by atoms with Crippen LogP contribution in [0.15, 0.2) is 97.1 Å². The summed E-state index contributed by atoms with van der Waals surface area (Å²) in [6.07, 6.45) is 0. The number of anilines is 4. The molecule has 39 heavy (non-hydrogen) atoms. The predicted octanol–water partition coefficient (Wildman–Crippen LogP) is 7.06. The minimum absolute atomic E-state index is 0. The molecule has 0 N–H and O–H groups in total. The van der Waals surface area contributed by atoms with E-state index in [2.05, 4.69) is 144 Å². The normalized spacial score (nSPS) is 23.1. The van der Waals surface area contributed by atoms with Crippen molar-refractivity contribution >= 4 is 22.7 Å². The van der Waals surface area contributed by atoms with E-state index in [1.165, 1.54) is 45.0 Å². The third-order valence-corrected chi connectivity index (χ3v) is 8.68. The van der Waals surface area contributed by atoms with E-state index in [4.69, 9.17) is 0 Å². The van der Waals surface area contributed by atoms with Crippen LogP contribution in [0.1, 0.15) is 34.1 Å². The van der Waals surface area contributed by atoms with E-state index in [1.807, 2.05) is 0 Å². The number of fused-ring (bicyclic) bond motifs is 3. The van der Waals surface area contributed by atoms with E-state index in [0.29, 0.717) is 0 Å². The van der Waals surface area contributed by atoms with Crippen LogP contribution in [0.2, 0.25) is 0 Å². The van der Waals surface area contributed by atoms with Gasteiger partial charge in [-0.2, -0.15) is 13.3 Å². The fourth-order valence-corrected chi connectivity index (χ4v) is 7.33. The van der Waals surface area contributed by atoms with Gasteiger partial charge >= 0.3 is 0 Å². The van der Waals surface area contributed by atoms with Crippen molar-refractivity contribution in [2.24, 2.45) is 0 Å². The molecule has 4 nitrogen and oxygen atoms in total. The summed E-state index contributed by atoms with van der Waals surface area (Å²) in [5.74, 6) is 0.546. The van der Waals surface area contributed by atoms with E-state index in [9.17, 15) is 0 Å². The van der Waals surface area contributed by atoms with Crippen molar-refractivity contribution in [3.8, 4) is 0 Å². The molecule has 5 heteroatoms. The topological polar surface area (TPSA) is 13.0 Å². The van der Waals surface area contributed by atoms with Crippen LogP contribution in [-0.2, 0) is 19.5 Å².